The van der Waals surface area contributed by atoms with Crippen molar-refractivity contribution in [1.29, 1.82) is 0 Å². The van der Waals surface area contributed by atoms with Crippen molar-refractivity contribution >= 4 is 34.5 Å². The van der Waals surface area contributed by atoms with Gasteiger partial charge in [-0.05, 0) is 44.9 Å². The second kappa shape index (κ2) is 6.71. The zero-order valence-electron chi connectivity index (χ0n) is 15.4. The molecule has 2 heterocycles. The maximum Gasteiger partial charge on any atom is 0.255 e. The summed E-state index contributed by atoms with van der Waals surface area (Å²) in [5.74, 6) is -1.64. The van der Waals surface area contributed by atoms with Gasteiger partial charge >= 0.3 is 0 Å². The highest BCUT2D eigenvalue weighted by molar-refractivity contribution is 6.12. The molecule has 0 fully saturated rings. The molecule has 0 radical (unpaired) electrons. The van der Waals surface area contributed by atoms with Gasteiger partial charge in [0.25, 0.3) is 5.91 Å². The molecule has 0 spiro atoms. The van der Waals surface area contributed by atoms with Crippen LogP contribution in [0, 0.1) is 20.8 Å². The first kappa shape index (κ1) is 18.4. The Kier molecular flexibility index (Phi) is 4.57. The standard InChI is InChI=1S/C19H19N3O5/c1-8-5-9(2)17-12(6-8)13(22-27-17)7-14(24)21-19-16(18(20)25)15(10(3)23)11(4)26-19/h5-6H,7H2,1-4H3,(H2,20,25)(H,21,24). The number of fused-ring (bicyclic) bond motifs is 1. The number of carbonyl (C=O) groups is 3. The van der Waals surface area contributed by atoms with Crippen LogP contribution in [0.3, 0.4) is 0 Å². The van der Waals surface area contributed by atoms with E-state index in [0.717, 1.165) is 16.5 Å². The molecule has 140 valence electrons. The molecule has 3 rings (SSSR count). The summed E-state index contributed by atoms with van der Waals surface area (Å²) in [6, 6.07) is 3.85. The van der Waals surface area contributed by atoms with E-state index < -0.39 is 11.8 Å². The Hall–Kier alpha value is -3.42. The van der Waals surface area contributed by atoms with E-state index in [1.807, 2.05) is 26.0 Å². The van der Waals surface area contributed by atoms with Gasteiger partial charge < -0.3 is 14.7 Å². The van der Waals surface area contributed by atoms with Crippen molar-refractivity contribution in [3.05, 3.63) is 45.8 Å². The maximum atomic E-state index is 12.5. The molecule has 0 aliphatic heterocycles. The predicted octanol–water partition coefficient (Wildman–Crippen LogP) is 2.83. The molecule has 3 aromatic rings. The van der Waals surface area contributed by atoms with Crippen LogP contribution in [0.5, 0.6) is 0 Å². The summed E-state index contributed by atoms with van der Waals surface area (Å²) in [6.07, 6.45) is -0.0940. The van der Waals surface area contributed by atoms with Gasteiger partial charge in [-0.1, -0.05) is 11.2 Å². The van der Waals surface area contributed by atoms with Crippen LogP contribution in [-0.2, 0) is 11.2 Å². The third kappa shape index (κ3) is 3.33. The zero-order chi connectivity index (χ0) is 19.9. The maximum absolute atomic E-state index is 12.5. The van der Waals surface area contributed by atoms with E-state index in [1.165, 1.54) is 13.8 Å². The van der Waals surface area contributed by atoms with E-state index in [2.05, 4.69) is 10.5 Å². The van der Waals surface area contributed by atoms with Crippen molar-refractivity contribution in [1.82, 2.24) is 5.16 Å². The fourth-order valence-electron chi connectivity index (χ4n) is 3.18. The molecule has 0 aliphatic rings. The van der Waals surface area contributed by atoms with Crippen LogP contribution >= 0.6 is 0 Å². The van der Waals surface area contributed by atoms with E-state index >= 15 is 0 Å². The fraction of sp³-hybridized carbons (Fsp3) is 0.263. The first-order valence-corrected chi connectivity index (χ1v) is 8.28. The molecule has 3 N–H and O–H groups in total. The van der Waals surface area contributed by atoms with Crippen molar-refractivity contribution in [3.8, 4) is 0 Å². The van der Waals surface area contributed by atoms with Gasteiger partial charge in [0, 0.05) is 5.39 Å². The first-order valence-electron chi connectivity index (χ1n) is 8.28. The van der Waals surface area contributed by atoms with Gasteiger partial charge in [-0.25, -0.2) is 0 Å². The highest BCUT2D eigenvalue weighted by atomic mass is 16.5. The topological polar surface area (TPSA) is 128 Å². The summed E-state index contributed by atoms with van der Waals surface area (Å²) >= 11 is 0. The first-order chi connectivity index (χ1) is 12.7. The van der Waals surface area contributed by atoms with Crippen molar-refractivity contribution in [2.45, 2.75) is 34.1 Å². The molecule has 0 unspecified atom stereocenters. The molecule has 1 aromatic carbocycles. The Balaban J connectivity index is 1.91. The van der Waals surface area contributed by atoms with Crippen LogP contribution in [0.15, 0.2) is 21.1 Å². The van der Waals surface area contributed by atoms with Crippen LogP contribution in [0.25, 0.3) is 11.0 Å². The Morgan fingerprint density at radius 2 is 1.85 bits per heavy atom. The number of aromatic nitrogens is 1. The van der Waals surface area contributed by atoms with Crippen molar-refractivity contribution in [3.63, 3.8) is 0 Å². The van der Waals surface area contributed by atoms with Crippen molar-refractivity contribution < 1.29 is 23.3 Å². The average Bonchev–Trinajstić information content (AvgIpc) is 3.08. The number of primary amides is 1. The molecular weight excluding hydrogens is 350 g/mol. The summed E-state index contributed by atoms with van der Waals surface area (Å²) in [6.45, 7) is 6.66. The summed E-state index contributed by atoms with van der Waals surface area (Å²) in [4.78, 5) is 36.0. The molecule has 0 aliphatic carbocycles. The number of aryl methyl sites for hydroxylation is 3. The van der Waals surface area contributed by atoms with Crippen molar-refractivity contribution in [2.24, 2.45) is 5.73 Å². The highest BCUT2D eigenvalue weighted by Crippen LogP contribution is 2.28. The minimum absolute atomic E-state index is 0.0657. The molecule has 0 bridgehead atoms. The number of nitrogens with one attached hydrogen (secondary N) is 1. The SMILES string of the molecule is CC(=O)c1c(C)oc(NC(=O)Cc2noc3c(C)cc(C)cc23)c1C(N)=O. The molecule has 8 nitrogen and oxygen atoms in total. The zero-order valence-corrected chi connectivity index (χ0v) is 15.4. The molecule has 0 atom stereocenters. The van der Waals surface area contributed by atoms with Gasteiger partial charge in [-0.3, -0.25) is 19.7 Å². The van der Waals surface area contributed by atoms with Gasteiger partial charge in [0.2, 0.25) is 11.8 Å². The van der Waals surface area contributed by atoms with Gasteiger partial charge in [-0.2, -0.15) is 0 Å². The molecule has 2 aromatic heterocycles. The summed E-state index contributed by atoms with van der Waals surface area (Å²) in [5.41, 5.74) is 8.32. The van der Waals surface area contributed by atoms with E-state index in [0.29, 0.717) is 11.3 Å². The fourth-order valence-corrected chi connectivity index (χ4v) is 3.18. The minimum atomic E-state index is -0.856. The monoisotopic (exact) mass is 369 g/mol. The van der Waals surface area contributed by atoms with Gasteiger partial charge in [0.15, 0.2) is 11.4 Å². The number of anilines is 1. The second-order valence-corrected chi connectivity index (χ2v) is 6.47. The van der Waals surface area contributed by atoms with E-state index in [9.17, 15) is 14.4 Å². The smallest absolute Gasteiger partial charge is 0.255 e. The number of hydrogen-bond acceptors (Lipinski definition) is 6. The van der Waals surface area contributed by atoms with Crippen LogP contribution < -0.4 is 11.1 Å². The van der Waals surface area contributed by atoms with Gasteiger partial charge in [0.1, 0.15) is 17.0 Å². The quantitative estimate of drug-likeness (QED) is 0.665. The number of amides is 2. The Bertz CT molecular complexity index is 1090. The third-order valence-electron chi connectivity index (χ3n) is 4.24. The van der Waals surface area contributed by atoms with E-state index in [-0.39, 0.29) is 35.0 Å². The minimum Gasteiger partial charge on any atom is -0.444 e. The normalized spacial score (nSPS) is 11.0. The second-order valence-electron chi connectivity index (χ2n) is 6.47. The molecule has 0 saturated carbocycles. The number of carbonyl (C=O) groups excluding carboxylic acids is 3. The van der Waals surface area contributed by atoms with Crippen LogP contribution in [0.2, 0.25) is 0 Å². The molecular formula is C19H19N3O5. The number of Topliss-reactive ketones (excluding diaryl/α,β-unsaturated/α-hetero) is 1. The summed E-state index contributed by atoms with van der Waals surface area (Å²) in [5, 5.41) is 7.22. The van der Waals surface area contributed by atoms with Crippen LogP contribution in [-0.4, -0.2) is 22.8 Å². The number of furan rings is 1. The molecule has 2 amide bonds. The molecule has 0 saturated heterocycles. The lowest BCUT2D eigenvalue weighted by molar-refractivity contribution is -0.115. The number of benzene rings is 1. The number of nitrogens with two attached hydrogens (primary N) is 1. The van der Waals surface area contributed by atoms with Gasteiger partial charge in [-0.15, -0.1) is 0 Å². The molecule has 8 heteroatoms. The van der Waals surface area contributed by atoms with Gasteiger partial charge in [0.05, 0.1) is 12.0 Å². The Morgan fingerprint density at radius 3 is 2.48 bits per heavy atom. The number of nitrogens with zero attached hydrogens (tertiary/aromatic N) is 1. The lowest BCUT2D eigenvalue weighted by Gasteiger charge is -2.03. The van der Waals surface area contributed by atoms with Crippen molar-refractivity contribution in [2.75, 3.05) is 5.32 Å². The van der Waals surface area contributed by atoms with E-state index in [1.54, 1.807) is 0 Å². The number of hydrogen-bond donors (Lipinski definition) is 2. The number of rotatable bonds is 5. The Morgan fingerprint density at radius 1 is 1.15 bits per heavy atom. The Labute approximate surface area is 154 Å². The predicted molar refractivity (Wildman–Crippen MR) is 97.8 cm³/mol. The van der Waals surface area contributed by atoms with Crippen LogP contribution in [0.1, 0.15) is 50.2 Å². The largest absolute Gasteiger partial charge is 0.444 e. The van der Waals surface area contributed by atoms with E-state index in [4.69, 9.17) is 14.7 Å². The lowest BCUT2D eigenvalue weighted by Crippen LogP contribution is -2.20. The molecule has 27 heavy (non-hydrogen) atoms. The summed E-state index contributed by atoms with van der Waals surface area (Å²) in [7, 11) is 0. The average molecular weight is 369 g/mol. The lowest BCUT2D eigenvalue weighted by atomic mass is 10.1. The highest BCUT2D eigenvalue weighted by Gasteiger charge is 2.26. The summed E-state index contributed by atoms with van der Waals surface area (Å²) < 4.78 is 10.7. The van der Waals surface area contributed by atoms with Crippen LogP contribution in [0.4, 0.5) is 5.88 Å². The number of ketones is 1. The third-order valence-corrected chi connectivity index (χ3v) is 4.24.